The van der Waals surface area contributed by atoms with Crippen molar-refractivity contribution in [1.29, 1.82) is 0 Å². The molecule has 3 rings (SSSR count). The Kier molecular flexibility index (Phi) is 3.60. The fourth-order valence-electron chi connectivity index (χ4n) is 2.31. The molecule has 0 atom stereocenters. The van der Waals surface area contributed by atoms with Crippen molar-refractivity contribution in [3.8, 4) is 0 Å². The van der Waals surface area contributed by atoms with Gasteiger partial charge in [-0.05, 0) is 45.4 Å². The van der Waals surface area contributed by atoms with E-state index in [9.17, 15) is 0 Å². The second-order valence-corrected chi connectivity index (χ2v) is 6.53. The molecule has 6 nitrogen and oxygen atoms in total. The van der Waals surface area contributed by atoms with Gasteiger partial charge in [-0.2, -0.15) is 5.10 Å². The van der Waals surface area contributed by atoms with E-state index in [4.69, 9.17) is 0 Å². The zero-order valence-electron chi connectivity index (χ0n) is 13.8. The Balaban J connectivity index is 1.92. The van der Waals surface area contributed by atoms with E-state index in [2.05, 4.69) is 52.7 Å². The van der Waals surface area contributed by atoms with Gasteiger partial charge in [0, 0.05) is 29.1 Å². The lowest BCUT2D eigenvalue weighted by Crippen LogP contribution is -2.27. The molecule has 0 amide bonds. The van der Waals surface area contributed by atoms with Gasteiger partial charge < -0.3 is 5.32 Å². The topological polar surface area (TPSA) is 68.0 Å². The van der Waals surface area contributed by atoms with E-state index in [1.165, 1.54) is 6.33 Å². The first-order chi connectivity index (χ1) is 10.8. The molecular formula is C17H20N6. The molecular weight excluding hydrogens is 288 g/mol. The Morgan fingerprint density at radius 2 is 2.00 bits per heavy atom. The Hall–Kier alpha value is -2.76. The van der Waals surface area contributed by atoms with Crippen LogP contribution < -0.4 is 5.32 Å². The van der Waals surface area contributed by atoms with Gasteiger partial charge in [0.05, 0.1) is 5.69 Å². The fraction of sp³-hybridized carbons (Fsp3) is 0.294. The molecule has 0 spiro atoms. The number of nitrogens with one attached hydrogen (secondary N) is 1. The highest BCUT2D eigenvalue weighted by Crippen LogP contribution is 2.24. The zero-order chi connectivity index (χ0) is 16.6. The minimum atomic E-state index is -0.0803. The van der Waals surface area contributed by atoms with Crippen molar-refractivity contribution < 1.29 is 0 Å². The van der Waals surface area contributed by atoms with Gasteiger partial charge in [0.1, 0.15) is 6.33 Å². The molecule has 3 aromatic rings. The summed E-state index contributed by atoms with van der Waals surface area (Å²) < 4.78 is 1.73. The number of rotatable bonds is 3. The van der Waals surface area contributed by atoms with Crippen LogP contribution in [-0.2, 0) is 0 Å². The first-order valence-electron chi connectivity index (χ1n) is 7.44. The van der Waals surface area contributed by atoms with E-state index < -0.39 is 0 Å². The van der Waals surface area contributed by atoms with Crippen molar-refractivity contribution in [2.75, 3.05) is 5.32 Å². The number of anilines is 1. The minimum Gasteiger partial charge on any atom is -0.350 e. The van der Waals surface area contributed by atoms with E-state index in [-0.39, 0.29) is 5.54 Å². The van der Waals surface area contributed by atoms with Crippen LogP contribution in [0.4, 0.5) is 5.95 Å². The average Bonchev–Trinajstić information content (AvgIpc) is 2.92. The van der Waals surface area contributed by atoms with Gasteiger partial charge in [0.15, 0.2) is 5.65 Å². The SMILES string of the molecule is C=C(c1ccc2ncnn2c1)c1cnc(NC(C)(C)C)nc1C. The highest BCUT2D eigenvalue weighted by molar-refractivity contribution is 5.79. The minimum absolute atomic E-state index is 0.0803. The third kappa shape index (κ3) is 3.21. The summed E-state index contributed by atoms with van der Waals surface area (Å²) in [6.45, 7) is 12.4. The van der Waals surface area contributed by atoms with Gasteiger partial charge in [-0.25, -0.2) is 19.5 Å². The van der Waals surface area contributed by atoms with Gasteiger partial charge in [0.25, 0.3) is 0 Å². The van der Waals surface area contributed by atoms with Crippen LogP contribution in [0.2, 0.25) is 0 Å². The lowest BCUT2D eigenvalue weighted by Gasteiger charge is -2.21. The summed E-state index contributed by atoms with van der Waals surface area (Å²) in [5.74, 6) is 0.623. The summed E-state index contributed by atoms with van der Waals surface area (Å²) >= 11 is 0. The van der Waals surface area contributed by atoms with Crippen molar-refractivity contribution in [2.24, 2.45) is 0 Å². The van der Waals surface area contributed by atoms with Gasteiger partial charge in [-0.15, -0.1) is 0 Å². The molecule has 3 aromatic heterocycles. The van der Waals surface area contributed by atoms with Gasteiger partial charge in [0.2, 0.25) is 5.95 Å². The Bertz CT molecular complexity index is 872. The van der Waals surface area contributed by atoms with Crippen molar-refractivity contribution in [2.45, 2.75) is 33.2 Å². The second kappa shape index (κ2) is 5.46. The fourth-order valence-corrected chi connectivity index (χ4v) is 2.31. The van der Waals surface area contributed by atoms with Crippen LogP contribution in [0.1, 0.15) is 37.6 Å². The maximum Gasteiger partial charge on any atom is 0.223 e. The lowest BCUT2D eigenvalue weighted by atomic mass is 10.0. The Morgan fingerprint density at radius 1 is 1.22 bits per heavy atom. The molecule has 0 bridgehead atoms. The maximum absolute atomic E-state index is 4.54. The molecule has 0 radical (unpaired) electrons. The summed E-state index contributed by atoms with van der Waals surface area (Å²) in [5.41, 5.74) is 4.36. The van der Waals surface area contributed by atoms with Crippen LogP contribution in [0.15, 0.2) is 37.4 Å². The molecule has 0 aliphatic rings. The predicted molar refractivity (Wildman–Crippen MR) is 91.3 cm³/mol. The molecule has 0 saturated carbocycles. The molecule has 0 fully saturated rings. The normalized spacial score (nSPS) is 11.7. The molecule has 0 saturated heterocycles. The molecule has 0 unspecified atom stereocenters. The molecule has 118 valence electrons. The van der Waals surface area contributed by atoms with Crippen LogP contribution in [0.3, 0.4) is 0 Å². The van der Waals surface area contributed by atoms with Gasteiger partial charge in [-0.3, -0.25) is 0 Å². The van der Waals surface area contributed by atoms with Crippen LogP contribution in [0.5, 0.6) is 0 Å². The van der Waals surface area contributed by atoms with E-state index in [0.717, 1.165) is 28.0 Å². The summed E-state index contributed by atoms with van der Waals surface area (Å²) in [7, 11) is 0. The number of aryl methyl sites for hydroxylation is 1. The molecule has 0 aliphatic heterocycles. The van der Waals surface area contributed by atoms with E-state index in [1.54, 1.807) is 4.52 Å². The number of pyridine rings is 1. The van der Waals surface area contributed by atoms with Crippen molar-refractivity contribution in [3.63, 3.8) is 0 Å². The number of aromatic nitrogens is 5. The van der Waals surface area contributed by atoms with Gasteiger partial charge >= 0.3 is 0 Å². The lowest BCUT2D eigenvalue weighted by molar-refractivity contribution is 0.625. The number of fused-ring (bicyclic) bond motifs is 1. The maximum atomic E-state index is 4.54. The van der Waals surface area contributed by atoms with Crippen LogP contribution in [-0.4, -0.2) is 30.1 Å². The molecule has 0 aromatic carbocycles. The van der Waals surface area contributed by atoms with Crippen LogP contribution in [0.25, 0.3) is 11.2 Å². The molecule has 1 N–H and O–H groups in total. The summed E-state index contributed by atoms with van der Waals surface area (Å²) in [4.78, 5) is 13.1. The first-order valence-corrected chi connectivity index (χ1v) is 7.44. The molecule has 6 heteroatoms. The standard InChI is InChI=1S/C17H20N6/c1-11(13-6-7-15-19-10-20-23(15)9-13)14-8-18-16(21-12(14)2)22-17(3,4)5/h6-10H,1H2,2-5H3,(H,18,21,22). The number of nitrogens with zero attached hydrogens (tertiary/aromatic N) is 5. The third-order valence-corrected chi connectivity index (χ3v) is 3.41. The summed E-state index contributed by atoms with van der Waals surface area (Å²) in [6.07, 6.45) is 5.25. The number of hydrogen-bond acceptors (Lipinski definition) is 5. The highest BCUT2D eigenvalue weighted by Gasteiger charge is 2.14. The van der Waals surface area contributed by atoms with E-state index in [1.807, 2.05) is 31.5 Å². The van der Waals surface area contributed by atoms with Crippen molar-refractivity contribution >= 4 is 17.2 Å². The van der Waals surface area contributed by atoms with Crippen molar-refractivity contribution in [1.82, 2.24) is 24.6 Å². The second-order valence-electron chi connectivity index (χ2n) is 6.53. The van der Waals surface area contributed by atoms with E-state index >= 15 is 0 Å². The monoisotopic (exact) mass is 308 g/mol. The third-order valence-electron chi connectivity index (χ3n) is 3.41. The molecule has 0 aliphatic carbocycles. The zero-order valence-corrected chi connectivity index (χ0v) is 13.8. The van der Waals surface area contributed by atoms with Gasteiger partial charge in [-0.1, -0.05) is 6.58 Å². The molecule has 23 heavy (non-hydrogen) atoms. The first kappa shape index (κ1) is 15.1. The number of hydrogen-bond donors (Lipinski definition) is 1. The molecule has 3 heterocycles. The Labute approximate surface area is 135 Å². The predicted octanol–water partition coefficient (Wildman–Crippen LogP) is 3.10. The smallest absolute Gasteiger partial charge is 0.223 e. The Morgan fingerprint density at radius 3 is 2.70 bits per heavy atom. The quantitative estimate of drug-likeness (QED) is 0.805. The van der Waals surface area contributed by atoms with Crippen LogP contribution in [0, 0.1) is 6.92 Å². The largest absolute Gasteiger partial charge is 0.350 e. The van der Waals surface area contributed by atoms with E-state index in [0.29, 0.717) is 5.95 Å². The van der Waals surface area contributed by atoms with Crippen LogP contribution >= 0.6 is 0 Å². The highest BCUT2D eigenvalue weighted by atomic mass is 15.3. The average molecular weight is 308 g/mol. The summed E-state index contributed by atoms with van der Waals surface area (Å²) in [6, 6.07) is 3.90. The van der Waals surface area contributed by atoms with Crippen molar-refractivity contribution in [3.05, 3.63) is 54.3 Å². The summed E-state index contributed by atoms with van der Waals surface area (Å²) in [5, 5.41) is 7.43.